The Labute approximate surface area is 225 Å². The van der Waals surface area contributed by atoms with E-state index in [0.717, 1.165) is 53.6 Å². The standard InChI is InChI=1S/C27H21ClN6OS2/c1-33(27-31-22(16-36-27)23-9-10-24(28)37-23)26-20-14-29-32-21(20)13-19(30-26)12-17-5-7-18(8-6-17)15-34-11-3-2-4-25(34)35/h2-11,13-14,16H,12,15H2,1H3,(H,29,32). The molecule has 0 saturated heterocycles. The Hall–Kier alpha value is -3.79. The van der Waals surface area contributed by atoms with Crippen molar-refractivity contribution in [1.29, 1.82) is 0 Å². The van der Waals surface area contributed by atoms with Gasteiger partial charge in [0.15, 0.2) is 5.13 Å². The highest BCUT2D eigenvalue weighted by Gasteiger charge is 2.17. The van der Waals surface area contributed by atoms with Gasteiger partial charge in [-0.1, -0.05) is 41.9 Å². The minimum absolute atomic E-state index is 0.00757. The summed E-state index contributed by atoms with van der Waals surface area (Å²) >= 11 is 9.19. The van der Waals surface area contributed by atoms with Gasteiger partial charge in [0.2, 0.25) is 0 Å². The summed E-state index contributed by atoms with van der Waals surface area (Å²) in [4.78, 5) is 24.9. The van der Waals surface area contributed by atoms with Crippen molar-refractivity contribution in [1.82, 2.24) is 24.7 Å². The van der Waals surface area contributed by atoms with E-state index in [1.54, 1.807) is 40.4 Å². The Kier molecular flexibility index (Phi) is 6.33. The van der Waals surface area contributed by atoms with Gasteiger partial charge in [0.25, 0.3) is 5.56 Å². The predicted octanol–water partition coefficient (Wildman–Crippen LogP) is 6.37. The third kappa shape index (κ3) is 4.93. The predicted molar refractivity (Wildman–Crippen MR) is 151 cm³/mol. The number of halogens is 1. The summed E-state index contributed by atoms with van der Waals surface area (Å²) in [6.07, 6.45) is 4.27. The van der Waals surface area contributed by atoms with Crippen LogP contribution >= 0.6 is 34.3 Å². The topological polar surface area (TPSA) is 79.7 Å². The lowest BCUT2D eigenvalue weighted by atomic mass is 10.1. The Morgan fingerprint density at radius 3 is 2.68 bits per heavy atom. The fourth-order valence-corrected chi connectivity index (χ4v) is 6.03. The van der Waals surface area contributed by atoms with Gasteiger partial charge in [-0.05, 0) is 35.4 Å². The minimum atomic E-state index is -0.00757. The van der Waals surface area contributed by atoms with Gasteiger partial charge in [-0.15, -0.1) is 22.7 Å². The van der Waals surface area contributed by atoms with Crippen LogP contribution in [0, 0.1) is 0 Å². The molecule has 0 aliphatic rings. The van der Waals surface area contributed by atoms with Crippen LogP contribution in [-0.4, -0.2) is 31.8 Å². The molecule has 7 nitrogen and oxygen atoms in total. The van der Waals surface area contributed by atoms with Gasteiger partial charge >= 0.3 is 0 Å². The lowest BCUT2D eigenvalue weighted by Gasteiger charge is -2.17. The van der Waals surface area contributed by atoms with Crippen LogP contribution in [-0.2, 0) is 13.0 Å². The molecule has 5 heterocycles. The number of aromatic nitrogens is 5. The molecule has 10 heteroatoms. The van der Waals surface area contributed by atoms with Crippen LogP contribution in [0.4, 0.5) is 10.9 Å². The fraction of sp³-hybridized carbons (Fsp3) is 0.111. The van der Waals surface area contributed by atoms with Crippen molar-refractivity contribution in [2.24, 2.45) is 0 Å². The summed E-state index contributed by atoms with van der Waals surface area (Å²) in [7, 11) is 1.98. The van der Waals surface area contributed by atoms with Gasteiger partial charge < -0.3 is 9.47 Å². The summed E-state index contributed by atoms with van der Waals surface area (Å²) in [5.74, 6) is 0.798. The molecule has 6 rings (SSSR count). The smallest absolute Gasteiger partial charge is 0.250 e. The zero-order chi connectivity index (χ0) is 25.4. The summed E-state index contributed by atoms with van der Waals surface area (Å²) < 4.78 is 2.44. The lowest BCUT2D eigenvalue weighted by Crippen LogP contribution is -2.18. The number of pyridine rings is 2. The summed E-state index contributed by atoms with van der Waals surface area (Å²) in [6.45, 7) is 0.542. The molecule has 5 aromatic heterocycles. The number of aromatic amines is 1. The van der Waals surface area contributed by atoms with E-state index >= 15 is 0 Å². The largest absolute Gasteiger partial charge is 0.311 e. The molecular formula is C27H21ClN6OS2. The van der Waals surface area contributed by atoms with Crippen molar-refractivity contribution in [3.05, 3.63) is 110 Å². The third-order valence-electron chi connectivity index (χ3n) is 6.05. The summed E-state index contributed by atoms with van der Waals surface area (Å²) in [6, 6.07) is 19.4. The van der Waals surface area contributed by atoms with E-state index in [2.05, 4.69) is 34.5 Å². The average molecular weight is 545 g/mol. The number of fused-ring (bicyclic) bond motifs is 1. The molecule has 0 aliphatic carbocycles. The highest BCUT2D eigenvalue weighted by molar-refractivity contribution is 7.20. The van der Waals surface area contributed by atoms with Crippen molar-refractivity contribution < 1.29 is 0 Å². The first-order chi connectivity index (χ1) is 18.0. The minimum Gasteiger partial charge on any atom is -0.311 e. The molecule has 0 saturated carbocycles. The Morgan fingerprint density at radius 1 is 1.05 bits per heavy atom. The molecule has 0 aliphatic heterocycles. The van der Waals surface area contributed by atoms with Gasteiger partial charge in [0, 0.05) is 36.8 Å². The van der Waals surface area contributed by atoms with Gasteiger partial charge in [-0.25, -0.2) is 9.97 Å². The molecular weight excluding hydrogens is 524 g/mol. The van der Waals surface area contributed by atoms with Crippen LogP contribution in [0.3, 0.4) is 0 Å². The molecule has 0 fully saturated rings. The van der Waals surface area contributed by atoms with Crippen LogP contribution in [0.5, 0.6) is 0 Å². The van der Waals surface area contributed by atoms with E-state index < -0.39 is 0 Å². The monoisotopic (exact) mass is 544 g/mol. The van der Waals surface area contributed by atoms with Crippen molar-refractivity contribution in [2.75, 3.05) is 11.9 Å². The van der Waals surface area contributed by atoms with Crippen molar-refractivity contribution >= 4 is 56.1 Å². The van der Waals surface area contributed by atoms with Crippen LogP contribution in [0.1, 0.15) is 16.8 Å². The Morgan fingerprint density at radius 2 is 1.89 bits per heavy atom. The number of hydrogen-bond donors (Lipinski definition) is 1. The number of H-pyrrole nitrogens is 1. The van der Waals surface area contributed by atoms with Crippen molar-refractivity contribution in [3.63, 3.8) is 0 Å². The third-order valence-corrected chi connectivity index (χ3v) is 8.22. The first kappa shape index (κ1) is 23.6. The first-order valence-electron chi connectivity index (χ1n) is 11.5. The average Bonchev–Trinajstić information content (AvgIpc) is 3.66. The molecule has 0 unspecified atom stereocenters. The molecule has 6 aromatic rings. The lowest BCUT2D eigenvalue weighted by molar-refractivity contribution is 0.759. The number of thiazole rings is 1. The maximum absolute atomic E-state index is 12.0. The molecule has 1 N–H and O–H groups in total. The zero-order valence-electron chi connectivity index (χ0n) is 19.8. The number of nitrogens with one attached hydrogen (secondary N) is 1. The Balaban J connectivity index is 1.25. The van der Waals surface area contributed by atoms with E-state index in [0.29, 0.717) is 13.0 Å². The molecule has 0 atom stereocenters. The van der Waals surface area contributed by atoms with Gasteiger partial charge in [-0.2, -0.15) is 5.10 Å². The summed E-state index contributed by atoms with van der Waals surface area (Å²) in [5, 5.41) is 11.2. The van der Waals surface area contributed by atoms with E-state index in [9.17, 15) is 4.79 Å². The van der Waals surface area contributed by atoms with Crippen LogP contribution in [0.15, 0.2) is 83.2 Å². The first-order valence-corrected chi connectivity index (χ1v) is 13.6. The molecule has 1 aromatic carbocycles. The quantitative estimate of drug-likeness (QED) is 0.253. The van der Waals surface area contributed by atoms with Gasteiger partial charge in [0.05, 0.1) is 38.6 Å². The second kappa shape index (κ2) is 9.93. The van der Waals surface area contributed by atoms with Crippen LogP contribution < -0.4 is 10.5 Å². The zero-order valence-corrected chi connectivity index (χ0v) is 22.1. The van der Waals surface area contributed by atoms with Gasteiger partial charge in [-0.3, -0.25) is 9.89 Å². The molecule has 0 spiro atoms. The maximum atomic E-state index is 12.0. The Bertz CT molecular complexity index is 1750. The van der Waals surface area contributed by atoms with Crippen molar-refractivity contribution in [2.45, 2.75) is 13.0 Å². The highest BCUT2D eigenvalue weighted by Crippen LogP contribution is 2.36. The maximum Gasteiger partial charge on any atom is 0.250 e. The highest BCUT2D eigenvalue weighted by atomic mass is 35.5. The number of anilines is 2. The molecule has 184 valence electrons. The van der Waals surface area contributed by atoms with E-state index in [4.69, 9.17) is 21.6 Å². The fourth-order valence-electron chi connectivity index (χ4n) is 4.16. The van der Waals surface area contributed by atoms with Crippen molar-refractivity contribution in [3.8, 4) is 10.6 Å². The number of rotatable bonds is 7. The molecule has 37 heavy (non-hydrogen) atoms. The van der Waals surface area contributed by atoms with Crippen LogP contribution in [0.2, 0.25) is 4.34 Å². The van der Waals surface area contributed by atoms with E-state index in [-0.39, 0.29) is 5.56 Å². The van der Waals surface area contributed by atoms with E-state index in [1.165, 1.54) is 11.3 Å². The summed E-state index contributed by atoms with van der Waals surface area (Å²) in [5.41, 5.74) is 4.95. The molecule has 0 bridgehead atoms. The SMILES string of the molecule is CN(c1nc(-c2ccc(Cl)s2)cs1)c1nc(Cc2ccc(Cn3ccccc3=O)cc2)cc2[nH]ncc12. The number of nitrogens with zero attached hydrogens (tertiary/aromatic N) is 5. The molecule has 0 amide bonds. The van der Waals surface area contributed by atoms with E-state index in [1.807, 2.05) is 41.6 Å². The number of thiophene rings is 1. The number of hydrogen-bond acceptors (Lipinski definition) is 7. The normalized spacial score (nSPS) is 11.3. The number of benzene rings is 1. The second-order valence-corrected chi connectivity index (χ2v) is 11.2. The second-order valence-electron chi connectivity index (χ2n) is 8.61. The van der Waals surface area contributed by atoms with Crippen LogP contribution in [0.25, 0.3) is 21.5 Å². The molecule has 0 radical (unpaired) electrons. The van der Waals surface area contributed by atoms with Gasteiger partial charge in [0.1, 0.15) is 5.82 Å².